The predicted molar refractivity (Wildman–Crippen MR) is 79.3 cm³/mol. The lowest BCUT2D eigenvalue weighted by molar-refractivity contribution is -0.171. The zero-order valence-electron chi connectivity index (χ0n) is 11.9. The highest BCUT2D eigenvalue weighted by atomic mass is 79.9. The number of morpholine rings is 1. The van der Waals surface area contributed by atoms with Crippen LogP contribution in [0.2, 0.25) is 0 Å². The third kappa shape index (κ3) is 3.57. The van der Waals surface area contributed by atoms with E-state index in [1.807, 2.05) is 56.9 Å². The van der Waals surface area contributed by atoms with Crippen molar-refractivity contribution in [3.63, 3.8) is 0 Å². The fourth-order valence-electron chi connectivity index (χ4n) is 2.71. The van der Waals surface area contributed by atoms with Crippen molar-refractivity contribution in [1.82, 2.24) is 4.90 Å². The number of rotatable bonds is 1. The Kier molecular flexibility index (Phi) is 3.76. The van der Waals surface area contributed by atoms with Crippen molar-refractivity contribution in [2.24, 2.45) is 0 Å². The highest BCUT2D eigenvalue weighted by molar-refractivity contribution is 9.10. The molecule has 1 aliphatic rings. The molecule has 0 N–H and O–H groups in total. The van der Waals surface area contributed by atoms with Gasteiger partial charge in [0.05, 0.1) is 11.2 Å². The van der Waals surface area contributed by atoms with Crippen molar-refractivity contribution in [1.29, 1.82) is 0 Å². The summed E-state index contributed by atoms with van der Waals surface area (Å²) < 4.78 is 6.97. The van der Waals surface area contributed by atoms with Gasteiger partial charge in [0.15, 0.2) is 0 Å². The molecule has 1 amide bonds. The number of benzene rings is 1. The van der Waals surface area contributed by atoms with E-state index in [9.17, 15) is 4.79 Å². The Bertz CT molecular complexity index is 463. The fraction of sp³-hybridized carbons (Fsp3) is 0.533. The van der Waals surface area contributed by atoms with Crippen molar-refractivity contribution in [3.8, 4) is 0 Å². The summed E-state index contributed by atoms with van der Waals surface area (Å²) in [5, 5.41) is 0. The lowest BCUT2D eigenvalue weighted by atomic mass is 9.98. The largest absolute Gasteiger partial charge is 0.366 e. The molecule has 19 heavy (non-hydrogen) atoms. The van der Waals surface area contributed by atoms with Gasteiger partial charge in [-0.3, -0.25) is 4.79 Å². The molecule has 3 nitrogen and oxygen atoms in total. The number of halogens is 1. The second-order valence-electron chi connectivity index (χ2n) is 6.29. The molecule has 1 aliphatic heterocycles. The van der Waals surface area contributed by atoms with Crippen LogP contribution in [0.5, 0.6) is 0 Å². The summed E-state index contributed by atoms with van der Waals surface area (Å²) in [6, 6.07) is 7.48. The van der Waals surface area contributed by atoms with E-state index in [1.54, 1.807) is 0 Å². The number of hydrogen-bond donors (Lipinski definition) is 0. The van der Waals surface area contributed by atoms with Gasteiger partial charge in [-0.15, -0.1) is 0 Å². The maximum Gasteiger partial charge on any atom is 0.254 e. The van der Waals surface area contributed by atoms with Gasteiger partial charge in [-0.25, -0.2) is 0 Å². The van der Waals surface area contributed by atoms with Gasteiger partial charge >= 0.3 is 0 Å². The average molecular weight is 326 g/mol. The minimum atomic E-state index is -0.313. The van der Waals surface area contributed by atoms with Crippen molar-refractivity contribution in [2.75, 3.05) is 13.1 Å². The van der Waals surface area contributed by atoms with E-state index in [0.29, 0.717) is 13.1 Å². The molecule has 1 aromatic carbocycles. The van der Waals surface area contributed by atoms with Crippen LogP contribution in [0, 0.1) is 0 Å². The van der Waals surface area contributed by atoms with Gasteiger partial charge in [-0.05, 0) is 52.0 Å². The highest BCUT2D eigenvalue weighted by Gasteiger charge is 2.40. The number of nitrogens with zero attached hydrogens (tertiary/aromatic N) is 1. The molecule has 0 aromatic heterocycles. The van der Waals surface area contributed by atoms with Gasteiger partial charge < -0.3 is 9.64 Å². The molecular weight excluding hydrogens is 306 g/mol. The molecule has 0 bridgehead atoms. The molecule has 0 atom stereocenters. The monoisotopic (exact) mass is 325 g/mol. The lowest BCUT2D eigenvalue weighted by Gasteiger charge is -2.47. The van der Waals surface area contributed by atoms with Crippen molar-refractivity contribution < 1.29 is 9.53 Å². The Balaban J connectivity index is 2.21. The van der Waals surface area contributed by atoms with E-state index in [2.05, 4.69) is 15.9 Å². The van der Waals surface area contributed by atoms with Gasteiger partial charge in [0.2, 0.25) is 0 Å². The van der Waals surface area contributed by atoms with Crippen molar-refractivity contribution in [2.45, 2.75) is 38.9 Å². The molecule has 4 heteroatoms. The number of amides is 1. The van der Waals surface area contributed by atoms with Crippen molar-refractivity contribution in [3.05, 3.63) is 34.3 Å². The number of ether oxygens (including phenoxy) is 1. The zero-order valence-corrected chi connectivity index (χ0v) is 13.5. The van der Waals surface area contributed by atoms with E-state index in [0.717, 1.165) is 10.0 Å². The van der Waals surface area contributed by atoms with Crippen LogP contribution < -0.4 is 0 Å². The average Bonchev–Trinajstić information content (AvgIpc) is 2.25. The van der Waals surface area contributed by atoms with Crippen LogP contribution in [0.15, 0.2) is 28.7 Å². The standard InChI is InChI=1S/C15H20BrNO2/c1-14(2)9-17(10-15(3,4)19-14)13(18)11-5-7-12(16)8-6-11/h5-8H,9-10H2,1-4H3. The van der Waals surface area contributed by atoms with Crippen LogP contribution in [0.3, 0.4) is 0 Å². The first-order valence-electron chi connectivity index (χ1n) is 6.44. The van der Waals surface area contributed by atoms with Gasteiger partial charge in [0.25, 0.3) is 5.91 Å². The maximum absolute atomic E-state index is 12.5. The Morgan fingerprint density at radius 1 is 1.11 bits per heavy atom. The molecule has 0 unspecified atom stereocenters. The molecule has 1 fully saturated rings. The van der Waals surface area contributed by atoms with Gasteiger partial charge in [0, 0.05) is 23.1 Å². The van der Waals surface area contributed by atoms with E-state index in [1.165, 1.54) is 0 Å². The summed E-state index contributed by atoms with van der Waals surface area (Å²) in [5.41, 5.74) is 0.0937. The molecule has 1 saturated heterocycles. The van der Waals surface area contributed by atoms with Crippen LogP contribution in [-0.2, 0) is 4.74 Å². The summed E-state index contributed by atoms with van der Waals surface area (Å²) in [6.45, 7) is 9.33. The maximum atomic E-state index is 12.5. The van der Waals surface area contributed by atoms with Gasteiger partial charge in [-0.1, -0.05) is 15.9 Å². The topological polar surface area (TPSA) is 29.5 Å². The first-order chi connectivity index (χ1) is 8.69. The van der Waals surface area contributed by atoms with E-state index in [4.69, 9.17) is 4.74 Å². The van der Waals surface area contributed by atoms with Crippen LogP contribution >= 0.6 is 15.9 Å². The Morgan fingerprint density at radius 3 is 2.05 bits per heavy atom. The third-order valence-electron chi connectivity index (χ3n) is 3.07. The lowest BCUT2D eigenvalue weighted by Crippen LogP contribution is -2.58. The Morgan fingerprint density at radius 2 is 1.58 bits per heavy atom. The number of carbonyl (C=O) groups excluding carboxylic acids is 1. The SMILES string of the molecule is CC1(C)CN(C(=O)c2ccc(Br)cc2)CC(C)(C)O1. The predicted octanol–water partition coefficient (Wildman–Crippen LogP) is 3.48. The Hall–Kier alpha value is -0.870. The van der Waals surface area contributed by atoms with E-state index >= 15 is 0 Å². The summed E-state index contributed by atoms with van der Waals surface area (Å²) in [5.74, 6) is 0.0666. The Labute approximate surface area is 123 Å². The first kappa shape index (κ1) is 14.5. The van der Waals surface area contributed by atoms with Gasteiger partial charge in [0.1, 0.15) is 0 Å². The molecule has 104 valence electrons. The van der Waals surface area contributed by atoms with Crippen LogP contribution in [0.4, 0.5) is 0 Å². The minimum absolute atomic E-state index is 0.0666. The van der Waals surface area contributed by atoms with Crippen LogP contribution in [0.1, 0.15) is 38.1 Å². The zero-order chi connectivity index (χ0) is 14.3. The third-order valence-corrected chi connectivity index (χ3v) is 3.60. The first-order valence-corrected chi connectivity index (χ1v) is 7.23. The molecule has 1 heterocycles. The normalized spacial score (nSPS) is 21.2. The highest BCUT2D eigenvalue weighted by Crippen LogP contribution is 2.29. The quantitative estimate of drug-likeness (QED) is 0.791. The smallest absolute Gasteiger partial charge is 0.254 e. The molecule has 0 spiro atoms. The second-order valence-corrected chi connectivity index (χ2v) is 7.21. The summed E-state index contributed by atoms with van der Waals surface area (Å²) in [4.78, 5) is 14.4. The second kappa shape index (κ2) is 4.91. The molecule has 0 aliphatic carbocycles. The number of hydrogen-bond acceptors (Lipinski definition) is 2. The minimum Gasteiger partial charge on any atom is -0.366 e. The molecule has 0 radical (unpaired) electrons. The molecule has 2 rings (SSSR count). The number of carbonyl (C=O) groups is 1. The van der Waals surface area contributed by atoms with Gasteiger partial charge in [-0.2, -0.15) is 0 Å². The van der Waals surface area contributed by atoms with Crippen LogP contribution in [0.25, 0.3) is 0 Å². The van der Waals surface area contributed by atoms with E-state index in [-0.39, 0.29) is 17.1 Å². The van der Waals surface area contributed by atoms with Crippen LogP contribution in [-0.4, -0.2) is 35.1 Å². The summed E-state index contributed by atoms with van der Waals surface area (Å²) >= 11 is 3.38. The fourth-order valence-corrected chi connectivity index (χ4v) is 2.97. The molecular formula is C15H20BrNO2. The summed E-state index contributed by atoms with van der Waals surface area (Å²) in [6.07, 6.45) is 0. The summed E-state index contributed by atoms with van der Waals surface area (Å²) in [7, 11) is 0. The van der Waals surface area contributed by atoms with E-state index < -0.39 is 0 Å². The molecule has 0 saturated carbocycles. The molecule has 1 aromatic rings. The van der Waals surface area contributed by atoms with Crippen molar-refractivity contribution >= 4 is 21.8 Å².